The van der Waals surface area contributed by atoms with Gasteiger partial charge in [0.2, 0.25) is 0 Å². The SMILES string of the molecule is CCc1nnc(NC(C)CC(F)(F)F)c(C#N)c1CC. The van der Waals surface area contributed by atoms with Gasteiger partial charge in [-0.05, 0) is 25.3 Å². The van der Waals surface area contributed by atoms with Gasteiger partial charge in [-0.15, -0.1) is 5.10 Å². The predicted octanol–water partition coefficient (Wildman–Crippen LogP) is 3.23. The van der Waals surface area contributed by atoms with E-state index in [0.29, 0.717) is 18.5 Å². The van der Waals surface area contributed by atoms with E-state index in [1.807, 2.05) is 19.9 Å². The molecule has 0 aromatic carbocycles. The molecule has 20 heavy (non-hydrogen) atoms. The van der Waals surface area contributed by atoms with Crippen LogP contribution in [0.3, 0.4) is 0 Å². The molecule has 0 spiro atoms. The summed E-state index contributed by atoms with van der Waals surface area (Å²) in [7, 11) is 0. The molecule has 1 aromatic heterocycles. The molecule has 110 valence electrons. The molecule has 0 aliphatic heterocycles. The van der Waals surface area contributed by atoms with Crippen molar-refractivity contribution in [2.45, 2.75) is 52.3 Å². The minimum atomic E-state index is -4.26. The van der Waals surface area contributed by atoms with E-state index < -0.39 is 18.6 Å². The average Bonchev–Trinajstić information content (AvgIpc) is 2.35. The quantitative estimate of drug-likeness (QED) is 0.902. The number of aryl methyl sites for hydroxylation is 1. The third kappa shape index (κ3) is 4.08. The smallest absolute Gasteiger partial charge is 0.365 e. The van der Waals surface area contributed by atoms with Crippen LogP contribution in [0.2, 0.25) is 0 Å². The summed E-state index contributed by atoms with van der Waals surface area (Å²) in [4.78, 5) is 0. The lowest BCUT2D eigenvalue weighted by Crippen LogP contribution is -2.25. The van der Waals surface area contributed by atoms with Gasteiger partial charge in [0, 0.05) is 6.04 Å². The van der Waals surface area contributed by atoms with Crippen molar-refractivity contribution in [3.05, 3.63) is 16.8 Å². The van der Waals surface area contributed by atoms with Crippen molar-refractivity contribution >= 4 is 5.82 Å². The summed E-state index contributed by atoms with van der Waals surface area (Å²) in [6.45, 7) is 5.17. The van der Waals surface area contributed by atoms with E-state index in [-0.39, 0.29) is 11.4 Å². The molecule has 4 nitrogen and oxygen atoms in total. The summed E-state index contributed by atoms with van der Waals surface area (Å²) < 4.78 is 36.9. The third-order valence-electron chi connectivity index (χ3n) is 2.88. The van der Waals surface area contributed by atoms with Crippen LogP contribution in [-0.2, 0) is 12.8 Å². The van der Waals surface area contributed by atoms with Gasteiger partial charge in [0.25, 0.3) is 0 Å². The number of halogens is 3. The maximum absolute atomic E-state index is 12.3. The molecule has 0 fully saturated rings. The molecule has 1 N–H and O–H groups in total. The summed E-state index contributed by atoms with van der Waals surface area (Å²) >= 11 is 0. The van der Waals surface area contributed by atoms with E-state index in [1.165, 1.54) is 6.92 Å². The second kappa shape index (κ2) is 6.55. The highest BCUT2D eigenvalue weighted by atomic mass is 19.4. The number of rotatable bonds is 5. The van der Waals surface area contributed by atoms with Gasteiger partial charge in [-0.3, -0.25) is 0 Å². The fourth-order valence-electron chi connectivity index (χ4n) is 2.03. The van der Waals surface area contributed by atoms with Crippen LogP contribution in [0.1, 0.15) is 44.0 Å². The van der Waals surface area contributed by atoms with E-state index in [1.54, 1.807) is 0 Å². The molecule has 0 saturated heterocycles. The Hall–Kier alpha value is -1.84. The number of alkyl halides is 3. The van der Waals surface area contributed by atoms with Crippen LogP contribution in [0.25, 0.3) is 0 Å². The Morgan fingerprint density at radius 2 is 1.90 bits per heavy atom. The van der Waals surface area contributed by atoms with Crippen molar-refractivity contribution in [1.29, 1.82) is 5.26 Å². The van der Waals surface area contributed by atoms with E-state index >= 15 is 0 Å². The normalized spacial score (nSPS) is 12.8. The Kier molecular flexibility index (Phi) is 5.31. The zero-order valence-electron chi connectivity index (χ0n) is 11.7. The minimum absolute atomic E-state index is 0.123. The topological polar surface area (TPSA) is 61.6 Å². The van der Waals surface area contributed by atoms with Gasteiger partial charge in [-0.25, -0.2) is 0 Å². The van der Waals surface area contributed by atoms with Gasteiger partial charge in [0.15, 0.2) is 5.82 Å². The molecule has 0 radical (unpaired) electrons. The number of hydrogen-bond acceptors (Lipinski definition) is 4. The predicted molar refractivity (Wildman–Crippen MR) is 69.3 cm³/mol. The van der Waals surface area contributed by atoms with Crippen molar-refractivity contribution < 1.29 is 13.2 Å². The Labute approximate surface area is 116 Å². The van der Waals surface area contributed by atoms with Crippen LogP contribution < -0.4 is 5.32 Å². The van der Waals surface area contributed by atoms with Crippen LogP contribution in [0.15, 0.2) is 0 Å². The maximum atomic E-state index is 12.3. The molecule has 0 saturated carbocycles. The Bertz CT molecular complexity index is 506. The van der Waals surface area contributed by atoms with Crippen LogP contribution in [-0.4, -0.2) is 22.4 Å². The largest absolute Gasteiger partial charge is 0.391 e. The van der Waals surface area contributed by atoms with Crippen LogP contribution in [0, 0.1) is 11.3 Å². The molecule has 1 atom stereocenters. The first-order valence-corrected chi connectivity index (χ1v) is 6.44. The monoisotopic (exact) mass is 286 g/mol. The summed E-state index contributed by atoms with van der Waals surface area (Å²) in [5.41, 5.74) is 1.73. The number of nitriles is 1. The lowest BCUT2D eigenvalue weighted by atomic mass is 10.0. The third-order valence-corrected chi connectivity index (χ3v) is 2.88. The van der Waals surface area contributed by atoms with Crippen LogP contribution >= 0.6 is 0 Å². The second-order valence-electron chi connectivity index (χ2n) is 4.53. The lowest BCUT2D eigenvalue weighted by molar-refractivity contribution is -0.136. The summed E-state index contributed by atoms with van der Waals surface area (Å²) in [5.74, 6) is 0.123. The Balaban J connectivity index is 3.05. The van der Waals surface area contributed by atoms with Crippen molar-refractivity contribution in [3.8, 4) is 6.07 Å². The molecule has 1 aromatic rings. The summed E-state index contributed by atoms with van der Waals surface area (Å²) in [5, 5.41) is 19.7. The number of nitrogens with one attached hydrogen (secondary N) is 1. The number of aromatic nitrogens is 2. The molecule has 0 aliphatic rings. The van der Waals surface area contributed by atoms with E-state index in [0.717, 1.165) is 5.56 Å². The first-order valence-electron chi connectivity index (χ1n) is 6.44. The van der Waals surface area contributed by atoms with Gasteiger partial charge in [-0.2, -0.15) is 23.5 Å². The molecule has 0 bridgehead atoms. The van der Waals surface area contributed by atoms with Crippen LogP contribution in [0.5, 0.6) is 0 Å². The first-order chi connectivity index (χ1) is 9.32. The molecular formula is C13H17F3N4. The average molecular weight is 286 g/mol. The molecule has 0 aliphatic carbocycles. The van der Waals surface area contributed by atoms with Crippen molar-refractivity contribution in [2.75, 3.05) is 5.32 Å². The van der Waals surface area contributed by atoms with Gasteiger partial charge < -0.3 is 5.32 Å². The maximum Gasteiger partial charge on any atom is 0.391 e. The molecule has 1 rings (SSSR count). The number of nitrogens with zero attached hydrogens (tertiary/aromatic N) is 3. The highest BCUT2D eigenvalue weighted by Crippen LogP contribution is 2.25. The fourth-order valence-corrected chi connectivity index (χ4v) is 2.03. The molecule has 7 heteroatoms. The number of anilines is 1. The van der Waals surface area contributed by atoms with E-state index in [2.05, 4.69) is 15.5 Å². The van der Waals surface area contributed by atoms with Crippen molar-refractivity contribution in [3.63, 3.8) is 0 Å². The minimum Gasteiger partial charge on any atom is -0.365 e. The summed E-state index contributed by atoms with van der Waals surface area (Å²) in [6.07, 6.45) is -4.03. The standard InChI is InChI=1S/C13H17F3N4/c1-4-9-10(7-17)12(20-19-11(9)5-2)18-8(3)6-13(14,15)16/h8H,4-6H2,1-3H3,(H,18,20). The Morgan fingerprint density at radius 1 is 1.25 bits per heavy atom. The Morgan fingerprint density at radius 3 is 2.35 bits per heavy atom. The van der Waals surface area contributed by atoms with Gasteiger partial charge in [0.1, 0.15) is 11.6 Å². The van der Waals surface area contributed by atoms with E-state index in [9.17, 15) is 18.4 Å². The molecule has 1 heterocycles. The molecule has 1 unspecified atom stereocenters. The van der Waals surface area contributed by atoms with Crippen molar-refractivity contribution in [1.82, 2.24) is 10.2 Å². The number of hydrogen-bond donors (Lipinski definition) is 1. The van der Waals surface area contributed by atoms with Gasteiger partial charge >= 0.3 is 6.18 Å². The fraction of sp³-hybridized carbons (Fsp3) is 0.615. The van der Waals surface area contributed by atoms with Crippen LogP contribution in [0.4, 0.5) is 19.0 Å². The van der Waals surface area contributed by atoms with Gasteiger partial charge in [0.05, 0.1) is 12.1 Å². The zero-order chi connectivity index (χ0) is 15.3. The molecular weight excluding hydrogens is 269 g/mol. The van der Waals surface area contributed by atoms with Crippen molar-refractivity contribution in [2.24, 2.45) is 0 Å². The molecule has 0 amide bonds. The first kappa shape index (κ1) is 16.2. The zero-order valence-corrected chi connectivity index (χ0v) is 11.7. The highest BCUT2D eigenvalue weighted by molar-refractivity contribution is 5.56. The summed E-state index contributed by atoms with van der Waals surface area (Å²) in [6, 6.07) is 1.14. The van der Waals surface area contributed by atoms with Gasteiger partial charge in [-0.1, -0.05) is 13.8 Å². The second-order valence-corrected chi connectivity index (χ2v) is 4.53. The van der Waals surface area contributed by atoms with E-state index in [4.69, 9.17) is 0 Å². The lowest BCUT2D eigenvalue weighted by Gasteiger charge is -2.18. The highest BCUT2D eigenvalue weighted by Gasteiger charge is 2.30.